The number of rotatable bonds is 4. The first-order chi connectivity index (χ1) is 13.5. The van der Waals surface area contributed by atoms with E-state index in [1.807, 2.05) is 18.4 Å². The van der Waals surface area contributed by atoms with Crippen LogP contribution in [0.5, 0.6) is 0 Å². The Morgan fingerprint density at radius 1 is 1.14 bits per heavy atom. The van der Waals surface area contributed by atoms with Gasteiger partial charge in [0.05, 0.1) is 11.2 Å². The molecule has 0 aliphatic carbocycles. The second-order valence-electron chi connectivity index (χ2n) is 6.87. The Hall–Kier alpha value is -3.06. The zero-order valence-corrected chi connectivity index (χ0v) is 17.1. The summed E-state index contributed by atoms with van der Waals surface area (Å²) in [5.41, 5.74) is 7.78. The Bertz CT molecular complexity index is 1170. The van der Waals surface area contributed by atoms with Gasteiger partial charge in [-0.25, -0.2) is 9.67 Å². The molecular formula is C21H21N5OS. The van der Waals surface area contributed by atoms with Crippen molar-refractivity contribution >= 4 is 33.4 Å². The molecule has 0 radical (unpaired) electrons. The van der Waals surface area contributed by atoms with Gasteiger partial charge in [0.2, 0.25) is 0 Å². The highest BCUT2D eigenvalue weighted by Crippen LogP contribution is 2.31. The predicted octanol–water partition coefficient (Wildman–Crippen LogP) is 4.75. The zero-order chi connectivity index (χ0) is 19.8. The SMILES string of the molecule is CCn1nnc2cc(C(=O)Nc3nc(-c4c(C)cc(C)cc4C)cs3)ccc21. The van der Waals surface area contributed by atoms with Crippen LogP contribution in [-0.2, 0) is 6.54 Å². The summed E-state index contributed by atoms with van der Waals surface area (Å²) < 4.78 is 1.80. The fourth-order valence-electron chi connectivity index (χ4n) is 3.55. The fraction of sp³-hybridized carbons (Fsp3) is 0.238. The minimum Gasteiger partial charge on any atom is -0.298 e. The first kappa shape index (κ1) is 18.3. The quantitative estimate of drug-likeness (QED) is 0.545. The second kappa shape index (κ2) is 7.16. The van der Waals surface area contributed by atoms with Crippen molar-refractivity contribution in [1.82, 2.24) is 20.0 Å². The molecule has 0 aliphatic rings. The van der Waals surface area contributed by atoms with Crippen molar-refractivity contribution in [2.24, 2.45) is 0 Å². The lowest BCUT2D eigenvalue weighted by Gasteiger charge is -2.08. The van der Waals surface area contributed by atoms with E-state index in [1.165, 1.54) is 28.0 Å². The first-order valence-electron chi connectivity index (χ1n) is 9.14. The van der Waals surface area contributed by atoms with Gasteiger partial charge >= 0.3 is 0 Å². The average molecular weight is 392 g/mol. The van der Waals surface area contributed by atoms with E-state index in [9.17, 15) is 4.79 Å². The standard InChI is InChI=1S/C21H21N5OS/c1-5-26-18-7-6-15(10-16(18)24-25-26)20(27)23-21-22-17(11-28-21)19-13(3)8-12(2)9-14(19)4/h6-11H,5H2,1-4H3,(H,22,23,27). The summed E-state index contributed by atoms with van der Waals surface area (Å²) in [7, 11) is 0. The molecule has 4 aromatic rings. The summed E-state index contributed by atoms with van der Waals surface area (Å²) in [5, 5.41) is 13.7. The largest absolute Gasteiger partial charge is 0.298 e. The van der Waals surface area contributed by atoms with Crippen LogP contribution >= 0.6 is 11.3 Å². The first-order valence-corrected chi connectivity index (χ1v) is 10.0. The van der Waals surface area contributed by atoms with Crippen LogP contribution in [0.15, 0.2) is 35.7 Å². The number of thiazole rings is 1. The molecular weight excluding hydrogens is 370 g/mol. The Kier molecular flexibility index (Phi) is 4.68. The van der Waals surface area contributed by atoms with Gasteiger partial charge < -0.3 is 0 Å². The topological polar surface area (TPSA) is 72.7 Å². The lowest BCUT2D eigenvalue weighted by molar-refractivity contribution is 0.102. The molecule has 142 valence electrons. The van der Waals surface area contributed by atoms with Crippen LogP contribution in [0.2, 0.25) is 0 Å². The summed E-state index contributed by atoms with van der Waals surface area (Å²) >= 11 is 1.43. The van der Waals surface area contributed by atoms with Crippen molar-refractivity contribution in [1.29, 1.82) is 0 Å². The molecule has 4 rings (SSSR count). The molecule has 0 saturated heterocycles. The van der Waals surface area contributed by atoms with Gasteiger partial charge in [-0.15, -0.1) is 16.4 Å². The number of hydrogen-bond acceptors (Lipinski definition) is 5. The minimum atomic E-state index is -0.203. The van der Waals surface area contributed by atoms with Crippen LogP contribution in [0.25, 0.3) is 22.3 Å². The molecule has 0 atom stereocenters. The molecule has 0 spiro atoms. The van der Waals surface area contributed by atoms with E-state index < -0.39 is 0 Å². The maximum atomic E-state index is 12.7. The number of amides is 1. The van der Waals surface area contributed by atoms with E-state index in [1.54, 1.807) is 16.8 Å². The second-order valence-corrected chi connectivity index (χ2v) is 7.73. The number of carbonyl (C=O) groups excluding carboxylic acids is 1. The summed E-state index contributed by atoms with van der Waals surface area (Å²) in [5.74, 6) is -0.203. The van der Waals surface area contributed by atoms with E-state index >= 15 is 0 Å². The monoisotopic (exact) mass is 391 g/mol. The Balaban J connectivity index is 1.58. The van der Waals surface area contributed by atoms with Gasteiger partial charge in [-0.3, -0.25) is 10.1 Å². The van der Waals surface area contributed by atoms with E-state index in [4.69, 9.17) is 0 Å². The van der Waals surface area contributed by atoms with Gasteiger partial charge in [-0.1, -0.05) is 22.9 Å². The lowest BCUT2D eigenvalue weighted by Crippen LogP contribution is -2.11. The summed E-state index contributed by atoms with van der Waals surface area (Å²) in [6, 6.07) is 9.72. The van der Waals surface area contributed by atoms with Gasteiger partial charge in [0, 0.05) is 23.1 Å². The fourth-order valence-corrected chi connectivity index (χ4v) is 4.24. The molecule has 7 heteroatoms. The third kappa shape index (κ3) is 3.29. The number of aromatic nitrogens is 4. The molecule has 6 nitrogen and oxygen atoms in total. The summed E-state index contributed by atoms with van der Waals surface area (Å²) in [4.78, 5) is 17.3. The highest BCUT2D eigenvalue weighted by atomic mass is 32.1. The Labute approximate surface area is 167 Å². The van der Waals surface area contributed by atoms with Crippen LogP contribution in [0.3, 0.4) is 0 Å². The van der Waals surface area contributed by atoms with Crippen molar-refractivity contribution in [3.05, 3.63) is 58.0 Å². The molecule has 2 aromatic heterocycles. The van der Waals surface area contributed by atoms with Crippen molar-refractivity contribution < 1.29 is 4.79 Å². The van der Waals surface area contributed by atoms with Crippen LogP contribution < -0.4 is 5.32 Å². The molecule has 0 saturated carbocycles. The number of nitrogens with zero attached hydrogens (tertiary/aromatic N) is 4. The Morgan fingerprint density at radius 3 is 2.61 bits per heavy atom. The number of anilines is 1. The van der Waals surface area contributed by atoms with E-state index in [-0.39, 0.29) is 5.91 Å². The molecule has 1 amide bonds. The smallest absolute Gasteiger partial charge is 0.257 e. The number of nitrogens with one attached hydrogen (secondary N) is 1. The highest BCUT2D eigenvalue weighted by Gasteiger charge is 2.14. The van der Waals surface area contributed by atoms with Crippen LogP contribution in [-0.4, -0.2) is 25.9 Å². The number of fused-ring (bicyclic) bond motifs is 1. The molecule has 0 fully saturated rings. The number of carbonyl (C=O) groups is 1. The molecule has 0 unspecified atom stereocenters. The maximum absolute atomic E-state index is 12.7. The van der Waals surface area contributed by atoms with Gasteiger partial charge in [0.15, 0.2) is 5.13 Å². The van der Waals surface area contributed by atoms with E-state index in [0.717, 1.165) is 23.3 Å². The van der Waals surface area contributed by atoms with Gasteiger partial charge in [-0.2, -0.15) is 0 Å². The predicted molar refractivity (Wildman–Crippen MR) is 113 cm³/mol. The maximum Gasteiger partial charge on any atom is 0.257 e. The van der Waals surface area contributed by atoms with Gasteiger partial charge in [0.1, 0.15) is 5.52 Å². The third-order valence-electron chi connectivity index (χ3n) is 4.73. The average Bonchev–Trinajstić information content (AvgIpc) is 3.27. The number of aryl methyl sites for hydroxylation is 4. The number of benzene rings is 2. The van der Waals surface area contributed by atoms with Crippen LogP contribution in [0.4, 0.5) is 5.13 Å². The minimum absolute atomic E-state index is 0.203. The molecule has 2 heterocycles. The lowest BCUT2D eigenvalue weighted by atomic mass is 9.98. The molecule has 28 heavy (non-hydrogen) atoms. The highest BCUT2D eigenvalue weighted by molar-refractivity contribution is 7.14. The summed E-state index contributed by atoms with van der Waals surface area (Å²) in [6.07, 6.45) is 0. The van der Waals surface area contributed by atoms with E-state index in [0.29, 0.717) is 16.2 Å². The van der Waals surface area contributed by atoms with Gasteiger partial charge in [0.25, 0.3) is 5.91 Å². The normalized spacial score (nSPS) is 11.1. The third-order valence-corrected chi connectivity index (χ3v) is 5.49. The molecule has 0 aliphatic heterocycles. The van der Waals surface area contributed by atoms with Crippen LogP contribution in [0, 0.1) is 20.8 Å². The molecule has 1 N–H and O–H groups in total. The Morgan fingerprint density at radius 2 is 1.89 bits per heavy atom. The molecule has 2 aromatic carbocycles. The van der Waals surface area contributed by atoms with Crippen molar-refractivity contribution in [3.63, 3.8) is 0 Å². The molecule has 0 bridgehead atoms. The van der Waals surface area contributed by atoms with E-state index in [2.05, 4.69) is 53.5 Å². The van der Waals surface area contributed by atoms with Gasteiger partial charge in [-0.05, 0) is 57.0 Å². The van der Waals surface area contributed by atoms with Crippen molar-refractivity contribution in [2.75, 3.05) is 5.32 Å². The zero-order valence-electron chi connectivity index (χ0n) is 16.3. The van der Waals surface area contributed by atoms with Crippen molar-refractivity contribution in [2.45, 2.75) is 34.2 Å². The number of hydrogen-bond donors (Lipinski definition) is 1. The van der Waals surface area contributed by atoms with Crippen LogP contribution in [0.1, 0.15) is 34.0 Å². The van der Waals surface area contributed by atoms with Crippen molar-refractivity contribution in [3.8, 4) is 11.3 Å². The summed E-state index contributed by atoms with van der Waals surface area (Å²) in [6.45, 7) is 9.01.